The zero-order valence-electron chi connectivity index (χ0n) is 13.3. The normalized spacial score (nSPS) is 12.0. The predicted octanol–water partition coefficient (Wildman–Crippen LogP) is 2.60. The lowest BCUT2D eigenvalue weighted by molar-refractivity contribution is -0.139. The Labute approximate surface area is 139 Å². The molecule has 0 fully saturated rings. The van der Waals surface area contributed by atoms with Gasteiger partial charge in [-0.1, -0.05) is 36.4 Å². The van der Waals surface area contributed by atoms with E-state index in [9.17, 15) is 14.7 Å². The first-order chi connectivity index (χ1) is 11.6. The molecule has 3 rings (SSSR count). The fourth-order valence-electron chi connectivity index (χ4n) is 2.79. The van der Waals surface area contributed by atoms with Crippen molar-refractivity contribution >= 4 is 22.8 Å². The van der Waals surface area contributed by atoms with E-state index in [0.717, 1.165) is 16.5 Å². The van der Waals surface area contributed by atoms with Crippen molar-refractivity contribution in [2.24, 2.45) is 7.05 Å². The third-order valence-corrected chi connectivity index (χ3v) is 4.06. The van der Waals surface area contributed by atoms with Gasteiger partial charge in [0.2, 0.25) is 0 Å². The third kappa shape index (κ3) is 3.15. The van der Waals surface area contributed by atoms with E-state index in [-0.39, 0.29) is 12.3 Å². The summed E-state index contributed by atoms with van der Waals surface area (Å²) in [6.45, 7) is 0. The molecular weight excluding hydrogens is 304 g/mol. The second-order valence-corrected chi connectivity index (χ2v) is 5.72. The van der Waals surface area contributed by atoms with Crippen molar-refractivity contribution in [1.29, 1.82) is 0 Å². The van der Waals surface area contributed by atoms with Crippen LogP contribution in [0.5, 0.6) is 0 Å². The molecule has 122 valence electrons. The minimum Gasteiger partial charge on any atom is -0.480 e. The maximum atomic E-state index is 12.6. The van der Waals surface area contributed by atoms with Gasteiger partial charge in [-0.15, -0.1) is 0 Å². The van der Waals surface area contributed by atoms with Crippen molar-refractivity contribution < 1.29 is 14.7 Å². The summed E-state index contributed by atoms with van der Waals surface area (Å²) < 4.78 is 1.92. The standard InChI is InChI=1S/C19H18N2O3/c1-21-11-10-14-15(8-5-9-17(14)21)18(22)20-16(19(23)24)12-13-6-3-2-4-7-13/h2-11,16H,12H2,1H3,(H,20,22)(H,23,24). The molecule has 0 aliphatic carbocycles. The number of aryl methyl sites for hydroxylation is 1. The molecule has 24 heavy (non-hydrogen) atoms. The number of nitrogens with zero attached hydrogens (tertiary/aromatic N) is 1. The molecule has 0 aliphatic heterocycles. The van der Waals surface area contributed by atoms with Gasteiger partial charge in [0.15, 0.2) is 0 Å². The molecule has 0 spiro atoms. The first kappa shape index (κ1) is 15.8. The number of nitrogens with one attached hydrogen (secondary N) is 1. The van der Waals surface area contributed by atoms with Gasteiger partial charge in [0.05, 0.1) is 0 Å². The molecule has 0 bridgehead atoms. The topological polar surface area (TPSA) is 71.3 Å². The summed E-state index contributed by atoms with van der Waals surface area (Å²) in [4.78, 5) is 24.1. The van der Waals surface area contributed by atoms with E-state index in [1.165, 1.54) is 0 Å². The lowest BCUT2D eigenvalue weighted by Crippen LogP contribution is -2.42. The molecule has 1 atom stereocenters. The van der Waals surface area contributed by atoms with E-state index < -0.39 is 12.0 Å². The largest absolute Gasteiger partial charge is 0.480 e. The number of rotatable bonds is 5. The van der Waals surface area contributed by atoms with Gasteiger partial charge in [0.1, 0.15) is 6.04 Å². The Balaban J connectivity index is 1.84. The zero-order valence-corrected chi connectivity index (χ0v) is 13.3. The monoisotopic (exact) mass is 322 g/mol. The van der Waals surface area contributed by atoms with Crippen molar-refractivity contribution in [2.75, 3.05) is 0 Å². The van der Waals surface area contributed by atoms with Gasteiger partial charge < -0.3 is 15.0 Å². The number of aliphatic carboxylic acids is 1. The fourth-order valence-corrected chi connectivity index (χ4v) is 2.79. The zero-order chi connectivity index (χ0) is 17.1. The van der Waals surface area contributed by atoms with Crippen LogP contribution in [-0.4, -0.2) is 27.6 Å². The lowest BCUT2D eigenvalue weighted by atomic mass is 10.0. The van der Waals surface area contributed by atoms with Crippen molar-refractivity contribution in [3.8, 4) is 0 Å². The Kier molecular flexibility index (Phi) is 4.33. The van der Waals surface area contributed by atoms with Crippen LogP contribution >= 0.6 is 0 Å². The molecule has 2 N–H and O–H groups in total. The second kappa shape index (κ2) is 6.58. The number of benzene rings is 2. The van der Waals surface area contributed by atoms with Gasteiger partial charge in [0.25, 0.3) is 5.91 Å². The van der Waals surface area contributed by atoms with Crippen LogP contribution in [0.3, 0.4) is 0 Å². The number of fused-ring (bicyclic) bond motifs is 1. The van der Waals surface area contributed by atoms with E-state index in [4.69, 9.17) is 0 Å². The summed E-state index contributed by atoms with van der Waals surface area (Å²) in [5, 5.41) is 12.9. The van der Waals surface area contributed by atoms with Crippen LogP contribution in [0.2, 0.25) is 0 Å². The summed E-state index contributed by atoms with van der Waals surface area (Å²) in [5.41, 5.74) is 2.27. The van der Waals surface area contributed by atoms with Crippen LogP contribution < -0.4 is 5.32 Å². The van der Waals surface area contributed by atoms with Crippen molar-refractivity contribution in [3.05, 3.63) is 71.9 Å². The van der Waals surface area contributed by atoms with E-state index in [1.54, 1.807) is 12.1 Å². The Morgan fingerprint density at radius 1 is 1.08 bits per heavy atom. The maximum absolute atomic E-state index is 12.6. The van der Waals surface area contributed by atoms with Gasteiger partial charge >= 0.3 is 5.97 Å². The van der Waals surface area contributed by atoms with Crippen LogP contribution in [-0.2, 0) is 18.3 Å². The van der Waals surface area contributed by atoms with Gasteiger partial charge in [-0.3, -0.25) is 4.79 Å². The third-order valence-electron chi connectivity index (χ3n) is 4.06. The van der Waals surface area contributed by atoms with E-state index in [0.29, 0.717) is 5.56 Å². The van der Waals surface area contributed by atoms with Gasteiger partial charge in [-0.2, -0.15) is 0 Å². The Morgan fingerprint density at radius 3 is 2.54 bits per heavy atom. The highest BCUT2D eigenvalue weighted by atomic mass is 16.4. The number of carbonyl (C=O) groups excluding carboxylic acids is 1. The number of carboxylic acid groups (broad SMARTS) is 1. The molecule has 0 aliphatic rings. The SMILES string of the molecule is Cn1ccc2c(C(=O)NC(Cc3ccccc3)C(=O)O)cccc21. The molecule has 1 unspecified atom stereocenters. The average molecular weight is 322 g/mol. The summed E-state index contributed by atoms with van der Waals surface area (Å²) in [6, 6.07) is 15.6. The van der Waals surface area contributed by atoms with Crippen LogP contribution in [0.4, 0.5) is 0 Å². The maximum Gasteiger partial charge on any atom is 0.326 e. The van der Waals surface area contributed by atoms with E-state index in [1.807, 2.05) is 60.3 Å². The number of hydrogen-bond donors (Lipinski definition) is 2. The highest BCUT2D eigenvalue weighted by molar-refractivity contribution is 6.07. The van der Waals surface area contributed by atoms with Crippen LogP contribution in [0, 0.1) is 0 Å². The lowest BCUT2D eigenvalue weighted by Gasteiger charge is -2.15. The Bertz CT molecular complexity index is 884. The van der Waals surface area contributed by atoms with Crippen LogP contribution in [0.1, 0.15) is 15.9 Å². The van der Waals surface area contributed by atoms with Crippen LogP contribution in [0.15, 0.2) is 60.8 Å². The summed E-state index contributed by atoms with van der Waals surface area (Å²) in [6.07, 6.45) is 2.12. The van der Waals surface area contributed by atoms with Crippen molar-refractivity contribution in [1.82, 2.24) is 9.88 Å². The smallest absolute Gasteiger partial charge is 0.326 e. The van der Waals surface area contributed by atoms with Crippen molar-refractivity contribution in [2.45, 2.75) is 12.5 Å². The van der Waals surface area contributed by atoms with E-state index >= 15 is 0 Å². The van der Waals surface area contributed by atoms with Gasteiger partial charge in [0, 0.05) is 36.1 Å². The highest BCUT2D eigenvalue weighted by Gasteiger charge is 2.22. The highest BCUT2D eigenvalue weighted by Crippen LogP contribution is 2.19. The number of carboxylic acids is 1. The molecule has 0 saturated carbocycles. The fraction of sp³-hybridized carbons (Fsp3) is 0.158. The summed E-state index contributed by atoms with van der Waals surface area (Å²) in [7, 11) is 1.90. The number of aromatic nitrogens is 1. The molecule has 1 amide bonds. The molecule has 1 heterocycles. The molecule has 0 radical (unpaired) electrons. The Morgan fingerprint density at radius 2 is 1.83 bits per heavy atom. The minimum absolute atomic E-state index is 0.243. The average Bonchev–Trinajstić information content (AvgIpc) is 2.96. The first-order valence-electron chi connectivity index (χ1n) is 7.68. The number of carbonyl (C=O) groups is 2. The molecule has 2 aromatic carbocycles. The molecule has 5 heteroatoms. The Hall–Kier alpha value is -3.08. The van der Waals surface area contributed by atoms with Crippen LogP contribution in [0.25, 0.3) is 10.9 Å². The molecule has 3 aromatic rings. The van der Waals surface area contributed by atoms with Gasteiger partial charge in [-0.05, 0) is 23.8 Å². The summed E-state index contributed by atoms with van der Waals surface area (Å²) >= 11 is 0. The molecule has 0 saturated heterocycles. The second-order valence-electron chi connectivity index (χ2n) is 5.72. The minimum atomic E-state index is -1.05. The number of amides is 1. The first-order valence-corrected chi connectivity index (χ1v) is 7.68. The number of hydrogen-bond acceptors (Lipinski definition) is 2. The molecule has 1 aromatic heterocycles. The van der Waals surface area contributed by atoms with Crippen molar-refractivity contribution in [3.63, 3.8) is 0 Å². The summed E-state index contributed by atoms with van der Waals surface area (Å²) in [5.74, 6) is -1.43. The van der Waals surface area contributed by atoms with Gasteiger partial charge in [-0.25, -0.2) is 4.79 Å². The quantitative estimate of drug-likeness (QED) is 0.758. The molecular formula is C19H18N2O3. The predicted molar refractivity (Wildman–Crippen MR) is 92.0 cm³/mol. The van der Waals surface area contributed by atoms with E-state index in [2.05, 4.69) is 5.32 Å². The molecule has 5 nitrogen and oxygen atoms in total.